The lowest BCUT2D eigenvalue weighted by Crippen LogP contribution is -2.39. The highest BCUT2D eigenvalue weighted by atomic mass is 16.6. The number of ether oxygens (including phenoxy) is 2. The van der Waals surface area contributed by atoms with E-state index in [9.17, 15) is 0 Å². The standard InChI is InChI=1S/C13H21N3O2/c1-9(2)4-14-5-11-6-15-13(16-10(11)3)18-12-7-17-8-12/h6,9,12,14H,4-5,7-8H2,1-3H3. The molecule has 0 amide bonds. The molecule has 1 N–H and O–H groups in total. The molecule has 0 unspecified atom stereocenters. The Bertz CT molecular complexity index is 392. The number of nitrogens with one attached hydrogen (secondary N) is 1. The van der Waals surface area contributed by atoms with Crippen molar-refractivity contribution in [2.45, 2.75) is 33.4 Å². The van der Waals surface area contributed by atoms with Gasteiger partial charge in [0, 0.05) is 24.0 Å². The van der Waals surface area contributed by atoms with Gasteiger partial charge in [-0.25, -0.2) is 9.97 Å². The first-order chi connectivity index (χ1) is 8.65. The molecule has 1 aliphatic rings. The van der Waals surface area contributed by atoms with E-state index in [0.717, 1.165) is 24.3 Å². The van der Waals surface area contributed by atoms with Crippen LogP contribution in [0.15, 0.2) is 6.20 Å². The van der Waals surface area contributed by atoms with Gasteiger partial charge >= 0.3 is 6.01 Å². The summed E-state index contributed by atoms with van der Waals surface area (Å²) in [6.07, 6.45) is 1.96. The van der Waals surface area contributed by atoms with Crippen LogP contribution < -0.4 is 10.1 Å². The molecule has 5 heteroatoms. The first kappa shape index (κ1) is 13.2. The van der Waals surface area contributed by atoms with Crippen LogP contribution in [0.3, 0.4) is 0 Å². The first-order valence-corrected chi connectivity index (χ1v) is 6.42. The van der Waals surface area contributed by atoms with Crippen LogP contribution in [0.2, 0.25) is 0 Å². The molecular weight excluding hydrogens is 230 g/mol. The molecule has 5 nitrogen and oxygen atoms in total. The zero-order chi connectivity index (χ0) is 13.0. The van der Waals surface area contributed by atoms with Gasteiger partial charge in [0.15, 0.2) is 0 Å². The van der Waals surface area contributed by atoms with Crippen molar-refractivity contribution in [1.29, 1.82) is 0 Å². The van der Waals surface area contributed by atoms with Crippen molar-refractivity contribution in [3.05, 3.63) is 17.5 Å². The summed E-state index contributed by atoms with van der Waals surface area (Å²) in [5.74, 6) is 0.646. The summed E-state index contributed by atoms with van der Waals surface area (Å²) in [7, 11) is 0. The molecule has 0 saturated carbocycles. The van der Waals surface area contributed by atoms with Gasteiger partial charge in [0.05, 0.1) is 13.2 Å². The highest BCUT2D eigenvalue weighted by Gasteiger charge is 2.21. The molecule has 1 aromatic heterocycles. The van der Waals surface area contributed by atoms with Crippen molar-refractivity contribution < 1.29 is 9.47 Å². The van der Waals surface area contributed by atoms with E-state index in [0.29, 0.717) is 25.1 Å². The van der Waals surface area contributed by atoms with Crippen LogP contribution in [-0.2, 0) is 11.3 Å². The minimum Gasteiger partial charge on any atom is -0.455 e. The van der Waals surface area contributed by atoms with E-state index in [-0.39, 0.29) is 6.10 Å². The quantitative estimate of drug-likeness (QED) is 0.826. The maximum atomic E-state index is 5.56. The average Bonchev–Trinajstić information content (AvgIpc) is 2.26. The minimum atomic E-state index is 0.120. The van der Waals surface area contributed by atoms with Crippen molar-refractivity contribution >= 4 is 0 Å². The second-order valence-corrected chi connectivity index (χ2v) is 5.07. The third kappa shape index (κ3) is 3.65. The molecule has 0 bridgehead atoms. The molecule has 0 atom stereocenters. The Hall–Kier alpha value is -1.20. The monoisotopic (exact) mass is 251 g/mol. The normalized spacial score (nSPS) is 15.8. The van der Waals surface area contributed by atoms with E-state index in [2.05, 4.69) is 29.1 Å². The molecule has 2 rings (SSSR count). The molecule has 0 aliphatic carbocycles. The van der Waals surface area contributed by atoms with Gasteiger partial charge in [0.2, 0.25) is 0 Å². The lowest BCUT2D eigenvalue weighted by molar-refractivity contribution is -0.0832. The Balaban J connectivity index is 1.87. The number of nitrogens with zero attached hydrogens (tertiary/aromatic N) is 2. The summed E-state index contributed by atoms with van der Waals surface area (Å²) in [6, 6.07) is 0.452. The topological polar surface area (TPSA) is 56.3 Å². The minimum absolute atomic E-state index is 0.120. The molecule has 2 heterocycles. The first-order valence-electron chi connectivity index (χ1n) is 6.42. The SMILES string of the molecule is Cc1nc(OC2COC2)ncc1CNCC(C)C. The Labute approximate surface area is 108 Å². The van der Waals surface area contributed by atoms with E-state index in [1.165, 1.54) is 0 Å². The van der Waals surface area contributed by atoms with E-state index in [4.69, 9.17) is 9.47 Å². The third-order valence-corrected chi connectivity index (χ3v) is 2.81. The summed E-state index contributed by atoms with van der Waals surface area (Å²) in [4.78, 5) is 8.59. The summed E-state index contributed by atoms with van der Waals surface area (Å²) < 4.78 is 10.6. The molecule has 18 heavy (non-hydrogen) atoms. The van der Waals surface area contributed by atoms with E-state index in [1.54, 1.807) is 0 Å². The molecule has 1 aromatic rings. The highest BCUT2D eigenvalue weighted by molar-refractivity contribution is 5.17. The van der Waals surface area contributed by atoms with Gasteiger partial charge in [-0.3, -0.25) is 0 Å². The van der Waals surface area contributed by atoms with Crippen LogP contribution >= 0.6 is 0 Å². The van der Waals surface area contributed by atoms with Crippen LogP contribution in [0.5, 0.6) is 6.01 Å². The van der Waals surface area contributed by atoms with Gasteiger partial charge in [-0.1, -0.05) is 13.8 Å². The molecule has 1 aliphatic heterocycles. The second-order valence-electron chi connectivity index (χ2n) is 5.07. The van der Waals surface area contributed by atoms with Gasteiger partial charge in [-0.15, -0.1) is 0 Å². The predicted octanol–water partition coefficient (Wildman–Crippen LogP) is 1.31. The Kier molecular flexibility index (Phi) is 4.49. The van der Waals surface area contributed by atoms with Gasteiger partial charge in [0.25, 0.3) is 0 Å². The summed E-state index contributed by atoms with van der Waals surface area (Å²) in [6.45, 7) is 9.44. The highest BCUT2D eigenvalue weighted by Crippen LogP contribution is 2.13. The summed E-state index contributed by atoms with van der Waals surface area (Å²) >= 11 is 0. The van der Waals surface area contributed by atoms with Gasteiger partial charge < -0.3 is 14.8 Å². The zero-order valence-corrected chi connectivity index (χ0v) is 11.3. The maximum Gasteiger partial charge on any atom is 0.317 e. The Morgan fingerprint density at radius 2 is 2.28 bits per heavy atom. The van der Waals surface area contributed by atoms with E-state index < -0.39 is 0 Å². The summed E-state index contributed by atoms with van der Waals surface area (Å²) in [5, 5.41) is 3.38. The Morgan fingerprint density at radius 1 is 1.50 bits per heavy atom. The van der Waals surface area contributed by atoms with Crippen LogP contribution in [0.4, 0.5) is 0 Å². The van der Waals surface area contributed by atoms with Crippen molar-refractivity contribution in [2.75, 3.05) is 19.8 Å². The van der Waals surface area contributed by atoms with Crippen LogP contribution in [0.25, 0.3) is 0 Å². The van der Waals surface area contributed by atoms with Gasteiger partial charge in [0.1, 0.15) is 6.10 Å². The van der Waals surface area contributed by atoms with Crippen molar-refractivity contribution in [3.8, 4) is 6.01 Å². The zero-order valence-electron chi connectivity index (χ0n) is 11.3. The van der Waals surface area contributed by atoms with Crippen molar-refractivity contribution in [1.82, 2.24) is 15.3 Å². The molecule has 0 aromatic carbocycles. The molecule has 0 spiro atoms. The molecular formula is C13H21N3O2. The fourth-order valence-electron chi connectivity index (χ4n) is 1.63. The van der Waals surface area contributed by atoms with Crippen LogP contribution in [0, 0.1) is 12.8 Å². The number of aromatic nitrogens is 2. The smallest absolute Gasteiger partial charge is 0.317 e. The van der Waals surface area contributed by atoms with E-state index in [1.807, 2.05) is 13.1 Å². The van der Waals surface area contributed by atoms with E-state index >= 15 is 0 Å². The van der Waals surface area contributed by atoms with Crippen LogP contribution in [-0.4, -0.2) is 35.8 Å². The number of hydrogen-bond donors (Lipinski definition) is 1. The molecule has 0 radical (unpaired) electrons. The van der Waals surface area contributed by atoms with Gasteiger partial charge in [-0.2, -0.15) is 0 Å². The molecule has 100 valence electrons. The fraction of sp³-hybridized carbons (Fsp3) is 0.692. The average molecular weight is 251 g/mol. The lowest BCUT2D eigenvalue weighted by Gasteiger charge is -2.25. The molecule has 1 saturated heterocycles. The van der Waals surface area contributed by atoms with Crippen LogP contribution in [0.1, 0.15) is 25.1 Å². The maximum absolute atomic E-state index is 5.56. The Morgan fingerprint density at radius 3 is 2.83 bits per heavy atom. The number of aryl methyl sites for hydroxylation is 1. The third-order valence-electron chi connectivity index (χ3n) is 2.81. The summed E-state index contributed by atoms with van der Waals surface area (Å²) in [5.41, 5.74) is 2.09. The largest absolute Gasteiger partial charge is 0.455 e. The molecule has 1 fully saturated rings. The number of hydrogen-bond acceptors (Lipinski definition) is 5. The second kappa shape index (κ2) is 6.11. The number of rotatable bonds is 6. The fourth-order valence-corrected chi connectivity index (χ4v) is 1.63. The van der Waals surface area contributed by atoms with Crippen molar-refractivity contribution in [2.24, 2.45) is 5.92 Å². The lowest BCUT2D eigenvalue weighted by atomic mass is 10.2. The van der Waals surface area contributed by atoms with Gasteiger partial charge in [-0.05, 0) is 19.4 Å². The van der Waals surface area contributed by atoms with Crippen molar-refractivity contribution in [3.63, 3.8) is 0 Å². The predicted molar refractivity (Wildman–Crippen MR) is 68.5 cm³/mol.